The second kappa shape index (κ2) is 6.72. The summed E-state index contributed by atoms with van der Waals surface area (Å²) >= 11 is 5.97. The molecular formula is C16H24ClN3. The van der Waals surface area contributed by atoms with Gasteiger partial charge in [-0.3, -0.25) is 4.90 Å². The van der Waals surface area contributed by atoms with E-state index < -0.39 is 0 Å². The van der Waals surface area contributed by atoms with Crippen LogP contribution in [-0.2, 0) is 5.54 Å². The molecule has 0 aromatic heterocycles. The fourth-order valence-electron chi connectivity index (χ4n) is 2.72. The molecule has 0 spiro atoms. The third-order valence-corrected chi connectivity index (χ3v) is 4.28. The lowest BCUT2D eigenvalue weighted by molar-refractivity contribution is 0.126. The highest BCUT2D eigenvalue weighted by Gasteiger charge is 2.29. The van der Waals surface area contributed by atoms with E-state index in [4.69, 9.17) is 17.3 Å². The van der Waals surface area contributed by atoms with E-state index in [2.05, 4.69) is 23.4 Å². The monoisotopic (exact) mass is 293 g/mol. The maximum atomic E-state index is 6.68. The van der Waals surface area contributed by atoms with E-state index in [-0.39, 0.29) is 5.54 Å². The number of nitrogens with zero attached hydrogens (tertiary/aromatic N) is 2. The zero-order chi connectivity index (χ0) is 14.6. The van der Waals surface area contributed by atoms with Gasteiger partial charge in [-0.2, -0.15) is 0 Å². The average molecular weight is 294 g/mol. The molecule has 1 atom stereocenters. The van der Waals surface area contributed by atoms with Gasteiger partial charge in [-0.25, -0.2) is 0 Å². The van der Waals surface area contributed by atoms with Gasteiger partial charge in [0.1, 0.15) is 0 Å². The van der Waals surface area contributed by atoms with Gasteiger partial charge in [0.25, 0.3) is 0 Å². The minimum Gasteiger partial charge on any atom is -0.320 e. The van der Waals surface area contributed by atoms with E-state index in [1.54, 1.807) is 0 Å². The van der Waals surface area contributed by atoms with Crippen molar-refractivity contribution < 1.29 is 0 Å². The van der Waals surface area contributed by atoms with Gasteiger partial charge >= 0.3 is 0 Å². The van der Waals surface area contributed by atoms with Crippen LogP contribution >= 0.6 is 11.6 Å². The molecule has 0 aliphatic carbocycles. The topological polar surface area (TPSA) is 32.5 Å². The van der Waals surface area contributed by atoms with Crippen molar-refractivity contribution in [2.75, 3.05) is 39.8 Å². The quantitative estimate of drug-likeness (QED) is 0.846. The predicted molar refractivity (Wildman–Crippen MR) is 86.1 cm³/mol. The molecule has 20 heavy (non-hydrogen) atoms. The Labute approximate surface area is 127 Å². The van der Waals surface area contributed by atoms with Gasteiger partial charge in [0.15, 0.2) is 0 Å². The van der Waals surface area contributed by atoms with E-state index in [0.29, 0.717) is 0 Å². The van der Waals surface area contributed by atoms with Crippen LogP contribution in [0.1, 0.15) is 12.0 Å². The average Bonchev–Trinajstić information content (AvgIpc) is 2.42. The Morgan fingerprint density at radius 1 is 1.25 bits per heavy atom. The Hall–Kier alpha value is -0.870. The number of hydrogen-bond donors (Lipinski definition) is 1. The van der Waals surface area contributed by atoms with Crippen molar-refractivity contribution in [3.05, 3.63) is 47.5 Å². The van der Waals surface area contributed by atoms with Crippen LogP contribution in [0.25, 0.3) is 0 Å². The lowest BCUT2D eigenvalue weighted by Crippen LogP contribution is -2.53. The van der Waals surface area contributed by atoms with Gasteiger partial charge < -0.3 is 10.6 Å². The van der Waals surface area contributed by atoms with E-state index >= 15 is 0 Å². The first kappa shape index (κ1) is 15.5. The van der Waals surface area contributed by atoms with Gasteiger partial charge in [-0.05, 0) is 31.2 Å². The molecule has 1 saturated heterocycles. The van der Waals surface area contributed by atoms with Crippen LogP contribution in [0.4, 0.5) is 0 Å². The molecule has 3 nitrogen and oxygen atoms in total. The molecule has 4 heteroatoms. The van der Waals surface area contributed by atoms with E-state index in [0.717, 1.165) is 49.7 Å². The van der Waals surface area contributed by atoms with Crippen molar-refractivity contribution in [1.82, 2.24) is 9.80 Å². The Bertz CT molecular complexity index is 438. The largest absolute Gasteiger partial charge is 0.320 e. The molecule has 1 unspecified atom stereocenters. The number of benzene rings is 1. The molecule has 1 aliphatic rings. The molecule has 0 amide bonds. The van der Waals surface area contributed by atoms with E-state index in [1.807, 2.05) is 30.3 Å². The number of rotatable bonds is 5. The van der Waals surface area contributed by atoms with Crippen molar-refractivity contribution in [1.29, 1.82) is 0 Å². The summed E-state index contributed by atoms with van der Waals surface area (Å²) in [6.07, 6.45) is 2.67. The zero-order valence-corrected chi connectivity index (χ0v) is 12.9. The van der Waals surface area contributed by atoms with Gasteiger partial charge in [0.05, 0.1) is 5.54 Å². The van der Waals surface area contributed by atoms with Crippen molar-refractivity contribution in [3.63, 3.8) is 0 Å². The molecule has 1 aliphatic heterocycles. The first-order chi connectivity index (χ1) is 9.53. The number of piperazine rings is 1. The molecule has 0 bridgehead atoms. The SMILES string of the molecule is C=CCC(N)(CN1CCN(C)CC1)c1ccc(Cl)cc1. The summed E-state index contributed by atoms with van der Waals surface area (Å²) in [5, 5.41) is 0.745. The second-order valence-electron chi connectivity index (χ2n) is 5.74. The number of hydrogen-bond acceptors (Lipinski definition) is 3. The van der Waals surface area contributed by atoms with E-state index in [9.17, 15) is 0 Å². The van der Waals surface area contributed by atoms with Crippen molar-refractivity contribution in [2.45, 2.75) is 12.0 Å². The Morgan fingerprint density at radius 3 is 2.40 bits per heavy atom. The van der Waals surface area contributed by atoms with Gasteiger partial charge in [-0.15, -0.1) is 6.58 Å². The maximum absolute atomic E-state index is 6.68. The van der Waals surface area contributed by atoms with Crippen molar-refractivity contribution in [2.24, 2.45) is 5.73 Å². The summed E-state index contributed by atoms with van der Waals surface area (Å²) in [5.74, 6) is 0. The van der Waals surface area contributed by atoms with Gasteiger partial charge in [0, 0.05) is 37.7 Å². The minimum absolute atomic E-state index is 0.387. The molecule has 1 fully saturated rings. The predicted octanol–water partition coefficient (Wildman–Crippen LogP) is 2.32. The molecule has 0 radical (unpaired) electrons. The third kappa shape index (κ3) is 3.83. The standard InChI is InChI=1S/C16H24ClN3/c1-3-8-16(18,14-4-6-15(17)7-5-14)13-20-11-9-19(2)10-12-20/h3-7H,1,8-13,18H2,2H3. The Kier molecular flexibility index (Phi) is 5.22. The summed E-state index contributed by atoms with van der Waals surface area (Å²) in [6, 6.07) is 7.88. The summed E-state index contributed by atoms with van der Waals surface area (Å²) < 4.78 is 0. The first-order valence-corrected chi connectivity index (χ1v) is 7.48. The van der Waals surface area contributed by atoms with Crippen molar-refractivity contribution >= 4 is 11.6 Å². The molecule has 110 valence electrons. The number of likely N-dealkylation sites (N-methyl/N-ethyl adjacent to an activating group) is 1. The van der Waals surface area contributed by atoms with Gasteiger partial charge in [0.2, 0.25) is 0 Å². The van der Waals surface area contributed by atoms with Crippen LogP contribution in [0.5, 0.6) is 0 Å². The van der Waals surface area contributed by atoms with Crippen LogP contribution in [0.2, 0.25) is 5.02 Å². The Balaban J connectivity index is 2.12. The fraction of sp³-hybridized carbons (Fsp3) is 0.500. The molecule has 1 aromatic carbocycles. The van der Waals surface area contributed by atoms with Crippen LogP contribution in [0.3, 0.4) is 0 Å². The van der Waals surface area contributed by atoms with Gasteiger partial charge in [-0.1, -0.05) is 29.8 Å². The normalized spacial score (nSPS) is 20.6. The molecule has 0 saturated carbocycles. The second-order valence-corrected chi connectivity index (χ2v) is 6.17. The van der Waals surface area contributed by atoms with Crippen molar-refractivity contribution in [3.8, 4) is 0 Å². The van der Waals surface area contributed by atoms with E-state index in [1.165, 1.54) is 0 Å². The lowest BCUT2D eigenvalue weighted by atomic mass is 9.87. The van der Waals surface area contributed by atoms with Crippen LogP contribution < -0.4 is 5.73 Å². The molecule has 2 rings (SSSR count). The maximum Gasteiger partial charge on any atom is 0.0573 e. The molecule has 1 aromatic rings. The zero-order valence-electron chi connectivity index (χ0n) is 12.2. The van der Waals surface area contributed by atoms with Crippen LogP contribution in [0, 0.1) is 0 Å². The highest BCUT2D eigenvalue weighted by molar-refractivity contribution is 6.30. The summed E-state index contributed by atoms with van der Waals surface area (Å²) in [5.41, 5.74) is 7.41. The number of nitrogens with two attached hydrogens (primary N) is 1. The molecule has 1 heterocycles. The lowest BCUT2D eigenvalue weighted by Gasteiger charge is -2.39. The number of halogens is 1. The molecule has 2 N–H and O–H groups in total. The highest BCUT2D eigenvalue weighted by Crippen LogP contribution is 2.26. The highest BCUT2D eigenvalue weighted by atomic mass is 35.5. The summed E-state index contributed by atoms with van der Waals surface area (Å²) in [6.45, 7) is 9.06. The smallest absolute Gasteiger partial charge is 0.0573 e. The van der Waals surface area contributed by atoms with Crippen LogP contribution in [0.15, 0.2) is 36.9 Å². The summed E-state index contributed by atoms with van der Waals surface area (Å²) in [4.78, 5) is 4.79. The van der Waals surface area contributed by atoms with Crippen LogP contribution in [-0.4, -0.2) is 49.6 Å². The fourth-order valence-corrected chi connectivity index (χ4v) is 2.84. The third-order valence-electron chi connectivity index (χ3n) is 4.03. The first-order valence-electron chi connectivity index (χ1n) is 7.10. The molecular weight excluding hydrogens is 270 g/mol. The minimum atomic E-state index is -0.387. The summed E-state index contributed by atoms with van der Waals surface area (Å²) in [7, 11) is 2.16. The Morgan fingerprint density at radius 2 is 1.85 bits per heavy atom.